The largest absolute Gasteiger partial charge is 1.00 e. The summed E-state index contributed by atoms with van der Waals surface area (Å²) in [6, 6.07) is 22.8. The van der Waals surface area contributed by atoms with Crippen LogP contribution in [0.2, 0.25) is 15.1 Å². The number of fused-ring (bicyclic) bond motifs is 2. The molecule has 0 radical (unpaired) electrons. The topological polar surface area (TPSA) is 282 Å². The molecular weight excluding hydrogens is 1360 g/mol. The Morgan fingerprint density at radius 2 is 1.14 bits per heavy atom. The van der Waals surface area contributed by atoms with Crippen LogP contribution >= 0.6 is 94.3 Å². The maximum Gasteiger partial charge on any atom is 0.412 e. The Morgan fingerprint density at radius 3 is 1.59 bits per heavy atom. The number of halogens is 5. The van der Waals surface area contributed by atoms with Crippen molar-refractivity contribution in [1.82, 2.24) is 35.1 Å². The SMILES string of the molecule is CC(C)(C)OC(=O)N1C(CO)COC1(C)C.CC(C)(C)OC(=O)N1C(CSc2ccc(Cl)cc2)COC1(C)C.CCS.CCl.Nc1ncnc2c1CC=C2.Nc1ncnc2c1CC=C2CN[C@H](CO)CSc1ccc(Cl)cc1.[Cl-].[NH3+][C@H](CO)CSc1ccc(Cl)cc1. The highest BCUT2D eigenvalue weighted by molar-refractivity contribution is 7.99. The number of carbonyl (C=O) groups is 2. The molecule has 19 nitrogen and oxygen atoms in total. The van der Waals surface area contributed by atoms with Gasteiger partial charge in [-0.1, -0.05) is 53.9 Å². The molecule has 2 fully saturated rings. The third kappa shape index (κ3) is 29.6. The molecule has 4 aliphatic rings. The smallest absolute Gasteiger partial charge is 0.412 e. The molecule has 5 aromatic rings. The number of alkyl halides is 1. The second-order valence-corrected chi connectivity index (χ2v) is 28.6. The summed E-state index contributed by atoms with van der Waals surface area (Å²) in [5.41, 5.74) is 17.8. The number of aromatic nitrogens is 4. The number of allylic oxidation sites excluding steroid dienone is 2. The minimum absolute atomic E-state index is 0. The molecule has 2 aliphatic carbocycles. The van der Waals surface area contributed by atoms with Crippen molar-refractivity contribution in [3.8, 4) is 0 Å². The summed E-state index contributed by atoms with van der Waals surface area (Å²) in [5, 5.41) is 33.1. The van der Waals surface area contributed by atoms with Crippen molar-refractivity contribution in [2.45, 2.75) is 151 Å². The van der Waals surface area contributed by atoms with Gasteiger partial charge in [0.25, 0.3) is 0 Å². The Morgan fingerprint density at radius 1 is 0.707 bits per heavy atom. The Bertz CT molecular complexity index is 3040. The van der Waals surface area contributed by atoms with Crippen molar-refractivity contribution in [2.75, 3.05) is 80.4 Å². The molecular formula is C64H93Cl5N10O9S4. The van der Waals surface area contributed by atoms with E-state index in [0.717, 1.165) is 93.7 Å². The standard InChI is InChI=1S/C17H19ClN4OS.C17H24ClNO3S.C11H21NO4.C9H12ClNOS.C7H7N3.C2H6S.CH3Cl.ClH/c18-12-2-4-14(5-3-12)24-9-13(8-23)20-7-11-1-6-15-16(11)21-10-22-17(15)19;1-16(2,3)22-15(20)19-13(10-21-17(19,4)5)11-23-14-8-6-12(18)7-9-14;1-10(2,3)16-9(14)12-8(6-13)7-15-11(12,4)5;10-7-1-3-9(4-2-7)13-6-8(11)5-12;8-7-5-2-1-3-6(5)9-4-10-7;1-2-3;1-2;/h1-5,10,13,20,23H,6-9H2,(H2,19,21,22);6-9,13H,10-11H2,1-5H3;8,13H,6-7H2,1-5H3;1-4,8,12H,5-6,11H2;1,3-4H,2H2,(H2,8,9,10);3H,2H2,1H3;1H3;1H/t13-;;;8-;;;;/m1..1..../s1. The Kier molecular flexibility index (Phi) is 38.3. The summed E-state index contributed by atoms with van der Waals surface area (Å²) in [4.78, 5) is 47.3. The third-order valence-electron chi connectivity index (χ3n) is 12.9. The minimum atomic E-state index is -0.726. The van der Waals surface area contributed by atoms with Crippen molar-refractivity contribution >= 4 is 130 Å². The molecule has 92 heavy (non-hydrogen) atoms. The van der Waals surface area contributed by atoms with E-state index in [0.29, 0.717) is 31.4 Å². The third-order valence-corrected chi connectivity index (χ3v) is 17.2. The zero-order valence-electron chi connectivity index (χ0n) is 54.5. The summed E-state index contributed by atoms with van der Waals surface area (Å²) >= 11 is 31.0. The number of carbonyl (C=O) groups excluding carboxylic acids is 2. The Balaban J connectivity index is 0.000000395. The number of nitrogens with one attached hydrogen (secondary N) is 1. The zero-order chi connectivity index (χ0) is 68.1. The normalized spacial score (nSPS) is 16.7. The van der Waals surface area contributed by atoms with Crippen LogP contribution in [0.4, 0.5) is 21.2 Å². The molecule has 9 rings (SSSR count). The number of aliphatic hydroxyl groups is 3. The van der Waals surface area contributed by atoms with Gasteiger partial charge in [-0.15, -0.1) is 46.9 Å². The summed E-state index contributed by atoms with van der Waals surface area (Å²) in [7, 11) is 0. The van der Waals surface area contributed by atoms with E-state index < -0.39 is 28.7 Å². The van der Waals surface area contributed by atoms with Crippen LogP contribution in [0.5, 0.6) is 0 Å². The maximum absolute atomic E-state index is 12.5. The lowest BCUT2D eigenvalue weighted by Crippen LogP contribution is -3.00. The van der Waals surface area contributed by atoms with E-state index in [1.807, 2.05) is 147 Å². The van der Waals surface area contributed by atoms with E-state index in [1.165, 1.54) is 23.9 Å². The Hall–Kier alpha value is -3.99. The second-order valence-electron chi connectivity index (χ2n) is 23.4. The van der Waals surface area contributed by atoms with E-state index in [9.17, 15) is 19.8 Å². The van der Waals surface area contributed by atoms with Gasteiger partial charge in [-0.05, 0) is 172 Å². The number of anilines is 2. The highest BCUT2D eigenvalue weighted by atomic mass is 35.5. The number of ether oxygens (including phenoxy) is 4. The number of thiol groups is 1. The van der Waals surface area contributed by atoms with Crippen LogP contribution in [0.15, 0.2) is 112 Å². The molecule has 2 aliphatic heterocycles. The van der Waals surface area contributed by atoms with Crippen LogP contribution in [-0.2, 0) is 31.8 Å². The molecule has 2 amide bonds. The van der Waals surface area contributed by atoms with Gasteiger partial charge in [0.1, 0.15) is 53.0 Å². The monoisotopic (exact) mass is 1450 g/mol. The number of quaternary nitrogens is 1. The number of nitrogens with two attached hydrogens (primary N) is 2. The summed E-state index contributed by atoms with van der Waals surface area (Å²) in [5.74, 6) is 4.44. The number of aliphatic hydroxyl groups excluding tert-OH is 3. The van der Waals surface area contributed by atoms with Crippen molar-refractivity contribution in [2.24, 2.45) is 0 Å². The fourth-order valence-electron chi connectivity index (χ4n) is 8.53. The van der Waals surface area contributed by atoms with Crippen LogP contribution in [0.1, 0.15) is 98.7 Å². The van der Waals surface area contributed by atoms with E-state index in [-0.39, 0.29) is 62.5 Å². The number of nitrogen functional groups attached to an aromatic ring is 2. The first-order valence-corrected chi connectivity index (χ1v) is 34.8. The molecule has 0 saturated carbocycles. The molecule has 2 saturated heterocycles. The second kappa shape index (κ2) is 41.9. The number of rotatable bonds is 15. The molecule has 11 N–H and O–H groups in total. The van der Waals surface area contributed by atoms with Crippen molar-refractivity contribution in [1.29, 1.82) is 0 Å². The van der Waals surface area contributed by atoms with Crippen LogP contribution in [0, 0.1) is 0 Å². The highest BCUT2D eigenvalue weighted by Crippen LogP contribution is 2.34. The van der Waals surface area contributed by atoms with Gasteiger partial charge in [-0.3, -0.25) is 9.80 Å². The van der Waals surface area contributed by atoms with Gasteiger partial charge in [0, 0.05) is 71.4 Å². The molecule has 28 heteroatoms. The highest BCUT2D eigenvalue weighted by Gasteiger charge is 2.46. The fraction of sp³-hybridized carbons (Fsp3) is 0.500. The lowest BCUT2D eigenvalue weighted by atomic mass is 10.2. The average Bonchev–Trinajstić information content (AvgIpc) is 1.77. The van der Waals surface area contributed by atoms with E-state index >= 15 is 0 Å². The number of hydrogen-bond donors (Lipinski definition) is 8. The van der Waals surface area contributed by atoms with Gasteiger partial charge in [0.15, 0.2) is 0 Å². The molecule has 4 atom stereocenters. The number of amides is 2. The molecule has 2 aromatic heterocycles. The predicted molar refractivity (Wildman–Crippen MR) is 379 cm³/mol. The molecule has 2 unspecified atom stereocenters. The molecule has 512 valence electrons. The molecule has 4 heterocycles. The number of hydrogen-bond acceptors (Lipinski definition) is 20. The predicted octanol–water partition coefficient (Wildman–Crippen LogP) is 9.01. The van der Waals surface area contributed by atoms with Gasteiger partial charge in [-0.25, -0.2) is 29.5 Å². The van der Waals surface area contributed by atoms with Crippen LogP contribution in [0.3, 0.4) is 0 Å². The summed E-state index contributed by atoms with van der Waals surface area (Å²) in [6.07, 6.45) is 11.4. The van der Waals surface area contributed by atoms with Gasteiger partial charge >= 0.3 is 12.2 Å². The number of nitrogens with zero attached hydrogens (tertiary/aromatic N) is 6. The van der Waals surface area contributed by atoms with E-state index in [2.05, 4.69) is 61.3 Å². The summed E-state index contributed by atoms with van der Waals surface area (Å²) < 4.78 is 22.1. The van der Waals surface area contributed by atoms with Gasteiger partial charge in [0.2, 0.25) is 0 Å². The Labute approximate surface area is 588 Å². The van der Waals surface area contributed by atoms with E-state index in [1.54, 1.807) is 54.0 Å². The number of thioether (sulfide) groups is 3. The van der Waals surface area contributed by atoms with Gasteiger partial charge < -0.3 is 69.2 Å². The van der Waals surface area contributed by atoms with Gasteiger partial charge in [0.05, 0.1) is 62.3 Å². The van der Waals surface area contributed by atoms with Gasteiger partial charge in [-0.2, -0.15) is 12.6 Å². The number of benzene rings is 3. The summed E-state index contributed by atoms with van der Waals surface area (Å²) in [6.45, 7) is 22.0. The van der Waals surface area contributed by atoms with Crippen LogP contribution < -0.4 is 34.9 Å². The lowest BCUT2D eigenvalue weighted by molar-refractivity contribution is -0.417. The molecule has 0 spiro atoms. The average molecular weight is 1450 g/mol. The van der Waals surface area contributed by atoms with Crippen molar-refractivity contribution in [3.05, 3.63) is 135 Å². The first kappa shape index (κ1) is 84.1. The molecule has 0 bridgehead atoms. The minimum Gasteiger partial charge on any atom is -1.00 e. The van der Waals surface area contributed by atoms with Crippen molar-refractivity contribution < 1.29 is 62.0 Å². The zero-order valence-corrected chi connectivity index (χ0v) is 61.6. The molecule has 3 aromatic carbocycles. The first-order valence-electron chi connectivity index (χ1n) is 29.3. The maximum atomic E-state index is 12.5. The lowest BCUT2D eigenvalue weighted by Gasteiger charge is -2.35. The van der Waals surface area contributed by atoms with E-state index in [4.69, 9.17) is 70.3 Å². The fourth-order valence-corrected chi connectivity index (χ4v) is 11.7. The van der Waals surface area contributed by atoms with Crippen LogP contribution in [0.25, 0.3) is 11.6 Å². The van der Waals surface area contributed by atoms with Crippen molar-refractivity contribution in [3.63, 3.8) is 0 Å². The quantitative estimate of drug-likeness (QED) is 0.0276. The first-order chi connectivity index (χ1) is 42.9. The van der Waals surface area contributed by atoms with Crippen LogP contribution in [-0.4, -0.2) is 173 Å².